The van der Waals surface area contributed by atoms with Crippen LogP contribution in [0.3, 0.4) is 0 Å². The zero-order valence-electron chi connectivity index (χ0n) is 10.1. The molecule has 0 saturated carbocycles. The highest BCUT2D eigenvalue weighted by molar-refractivity contribution is 6.42. The minimum absolute atomic E-state index is 0.367. The van der Waals surface area contributed by atoms with Crippen LogP contribution in [0.15, 0.2) is 30.3 Å². The van der Waals surface area contributed by atoms with Crippen molar-refractivity contribution in [1.82, 2.24) is 14.5 Å². The van der Waals surface area contributed by atoms with E-state index in [2.05, 4.69) is 9.97 Å². The van der Waals surface area contributed by atoms with Gasteiger partial charge in [-0.05, 0) is 37.3 Å². The molecule has 6 heteroatoms. The molecule has 0 radical (unpaired) electrons. The van der Waals surface area contributed by atoms with E-state index < -0.39 is 0 Å². The van der Waals surface area contributed by atoms with Crippen molar-refractivity contribution < 1.29 is 0 Å². The number of anilines is 1. The van der Waals surface area contributed by atoms with Crippen LogP contribution in [0.25, 0.3) is 16.9 Å². The van der Waals surface area contributed by atoms with Crippen molar-refractivity contribution >= 4 is 40.3 Å². The zero-order chi connectivity index (χ0) is 13.6. The van der Waals surface area contributed by atoms with E-state index in [1.807, 2.05) is 25.1 Å². The first-order chi connectivity index (χ1) is 9.06. The van der Waals surface area contributed by atoms with Gasteiger partial charge in [-0.1, -0.05) is 23.2 Å². The average molecular weight is 293 g/mol. The van der Waals surface area contributed by atoms with Crippen molar-refractivity contribution in [2.24, 2.45) is 0 Å². The minimum Gasteiger partial charge on any atom is -0.369 e. The van der Waals surface area contributed by atoms with Gasteiger partial charge in [-0.3, -0.25) is 4.57 Å². The van der Waals surface area contributed by atoms with E-state index >= 15 is 0 Å². The monoisotopic (exact) mass is 292 g/mol. The predicted octanol–water partition coefficient (Wildman–Crippen LogP) is 3.62. The van der Waals surface area contributed by atoms with E-state index in [1.165, 1.54) is 0 Å². The molecule has 3 aromatic rings. The number of hydrogen-bond donors (Lipinski definition) is 1. The molecule has 2 aromatic heterocycles. The summed E-state index contributed by atoms with van der Waals surface area (Å²) in [5, 5.41) is 0.964. The van der Waals surface area contributed by atoms with Crippen LogP contribution in [-0.4, -0.2) is 14.5 Å². The van der Waals surface area contributed by atoms with Gasteiger partial charge in [0.05, 0.1) is 15.7 Å². The molecular weight excluding hydrogens is 283 g/mol. The summed E-state index contributed by atoms with van der Waals surface area (Å²) in [6, 6.07) is 9.08. The lowest BCUT2D eigenvalue weighted by molar-refractivity contribution is 1.07. The molecule has 3 rings (SSSR count). The molecule has 0 unspecified atom stereocenters. The lowest BCUT2D eigenvalue weighted by Crippen LogP contribution is -2.01. The van der Waals surface area contributed by atoms with Crippen LogP contribution in [-0.2, 0) is 0 Å². The zero-order valence-corrected chi connectivity index (χ0v) is 11.6. The highest BCUT2D eigenvalue weighted by Crippen LogP contribution is 2.28. The van der Waals surface area contributed by atoms with Gasteiger partial charge in [0.1, 0.15) is 5.52 Å². The Morgan fingerprint density at radius 2 is 1.84 bits per heavy atom. The number of benzene rings is 1. The van der Waals surface area contributed by atoms with E-state index in [-0.39, 0.29) is 0 Å². The predicted molar refractivity (Wildman–Crippen MR) is 78.0 cm³/mol. The van der Waals surface area contributed by atoms with Gasteiger partial charge >= 0.3 is 0 Å². The Bertz CT molecular complexity index is 780. The largest absolute Gasteiger partial charge is 0.369 e. The fourth-order valence-corrected chi connectivity index (χ4v) is 2.24. The molecule has 0 fully saturated rings. The van der Waals surface area contributed by atoms with Gasteiger partial charge in [-0.15, -0.1) is 0 Å². The summed E-state index contributed by atoms with van der Waals surface area (Å²) in [6.07, 6.45) is 0. The molecular formula is C13H10Cl2N4. The standard InChI is InChI=1S/C13H10Cl2N4/c1-7-2-5-11-12(17-7)19(13(16)18-11)8-3-4-9(14)10(15)6-8/h2-6H,1H3,(H2,16,18). The second-order valence-corrected chi connectivity index (χ2v) is 5.01. The molecule has 19 heavy (non-hydrogen) atoms. The summed E-state index contributed by atoms with van der Waals surface area (Å²) < 4.78 is 1.75. The van der Waals surface area contributed by atoms with E-state index in [9.17, 15) is 0 Å². The molecule has 0 aliphatic carbocycles. The number of imidazole rings is 1. The van der Waals surface area contributed by atoms with Gasteiger partial charge in [0.25, 0.3) is 0 Å². The summed E-state index contributed by atoms with van der Waals surface area (Å²) in [4.78, 5) is 8.75. The summed E-state index contributed by atoms with van der Waals surface area (Å²) in [5.74, 6) is 0.367. The lowest BCUT2D eigenvalue weighted by atomic mass is 10.3. The fourth-order valence-electron chi connectivity index (χ4n) is 1.95. The van der Waals surface area contributed by atoms with Crippen LogP contribution in [0.1, 0.15) is 5.69 Å². The van der Waals surface area contributed by atoms with Crippen LogP contribution in [0.2, 0.25) is 10.0 Å². The molecule has 0 aliphatic heterocycles. The molecule has 96 valence electrons. The number of nitrogens with zero attached hydrogens (tertiary/aromatic N) is 3. The Labute approximate surface area is 119 Å². The normalized spacial score (nSPS) is 11.1. The van der Waals surface area contributed by atoms with Crippen LogP contribution in [0.5, 0.6) is 0 Å². The molecule has 1 aromatic carbocycles. The van der Waals surface area contributed by atoms with Gasteiger partial charge in [-0.2, -0.15) is 0 Å². The van der Waals surface area contributed by atoms with Crippen molar-refractivity contribution in [1.29, 1.82) is 0 Å². The van der Waals surface area contributed by atoms with Crippen molar-refractivity contribution in [2.75, 3.05) is 5.73 Å². The van der Waals surface area contributed by atoms with Crippen molar-refractivity contribution in [3.8, 4) is 5.69 Å². The number of aryl methyl sites for hydroxylation is 1. The number of rotatable bonds is 1. The van der Waals surface area contributed by atoms with E-state index in [0.29, 0.717) is 21.6 Å². The number of pyridine rings is 1. The molecule has 0 spiro atoms. The van der Waals surface area contributed by atoms with Gasteiger partial charge in [0, 0.05) is 5.69 Å². The summed E-state index contributed by atoms with van der Waals surface area (Å²) in [5.41, 5.74) is 9.09. The first kappa shape index (κ1) is 12.3. The fraction of sp³-hybridized carbons (Fsp3) is 0.0769. The number of nitrogen functional groups attached to an aromatic ring is 1. The smallest absolute Gasteiger partial charge is 0.207 e. The Morgan fingerprint density at radius 1 is 1.05 bits per heavy atom. The topological polar surface area (TPSA) is 56.7 Å². The van der Waals surface area contributed by atoms with E-state index in [1.54, 1.807) is 16.7 Å². The van der Waals surface area contributed by atoms with Crippen molar-refractivity contribution in [2.45, 2.75) is 6.92 Å². The number of aromatic nitrogens is 3. The number of hydrogen-bond acceptors (Lipinski definition) is 3. The third kappa shape index (κ3) is 2.03. The third-order valence-electron chi connectivity index (χ3n) is 2.83. The first-order valence-electron chi connectivity index (χ1n) is 5.63. The Morgan fingerprint density at radius 3 is 2.58 bits per heavy atom. The van der Waals surface area contributed by atoms with Crippen LogP contribution >= 0.6 is 23.2 Å². The molecule has 2 heterocycles. The number of halogens is 2. The Balaban J connectivity index is 2.31. The average Bonchev–Trinajstić information content (AvgIpc) is 2.68. The minimum atomic E-state index is 0.367. The van der Waals surface area contributed by atoms with Gasteiger partial charge < -0.3 is 5.73 Å². The molecule has 0 amide bonds. The van der Waals surface area contributed by atoms with Gasteiger partial charge in [0.15, 0.2) is 5.65 Å². The molecule has 4 nitrogen and oxygen atoms in total. The molecule has 0 bridgehead atoms. The van der Waals surface area contributed by atoms with E-state index in [4.69, 9.17) is 28.9 Å². The second kappa shape index (κ2) is 4.40. The maximum absolute atomic E-state index is 6.04. The molecule has 2 N–H and O–H groups in total. The van der Waals surface area contributed by atoms with Crippen molar-refractivity contribution in [3.05, 3.63) is 46.1 Å². The van der Waals surface area contributed by atoms with Crippen LogP contribution < -0.4 is 5.73 Å². The van der Waals surface area contributed by atoms with E-state index in [0.717, 1.165) is 16.9 Å². The first-order valence-corrected chi connectivity index (χ1v) is 6.39. The lowest BCUT2D eigenvalue weighted by Gasteiger charge is -2.07. The van der Waals surface area contributed by atoms with Crippen LogP contribution in [0.4, 0.5) is 5.95 Å². The molecule has 0 atom stereocenters. The third-order valence-corrected chi connectivity index (χ3v) is 3.57. The Kier molecular flexibility index (Phi) is 2.84. The summed E-state index contributed by atoms with van der Waals surface area (Å²) in [6.45, 7) is 1.92. The number of nitrogens with two attached hydrogens (primary N) is 1. The maximum Gasteiger partial charge on any atom is 0.207 e. The maximum atomic E-state index is 6.04. The Hall–Kier alpha value is -1.78. The van der Waals surface area contributed by atoms with Gasteiger partial charge in [-0.25, -0.2) is 9.97 Å². The number of fused-ring (bicyclic) bond motifs is 1. The highest BCUT2D eigenvalue weighted by atomic mass is 35.5. The molecule has 0 aliphatic rings. The molecule has 0 saturated heterocycles. The van der Waals surface area contributed by atoms with Gasteiger partial charge in [0.2, 0.25) is 5.95 Å². The highest BCUT2D eigenvalue weighted by Gasteiger charge is 2.12. The van der Waals surface area contributed by atoms with Crippen LogP contribution in [0, 0.1) is 6.92 Å². The quantitative estimate of drug-likeness (QED) is 0.745. The SMILES string of the molecule is Cc1ccc2nc(N)n(-c3ccc(Cl)c(Cl)c3)c2n1. The summed E-state index contributed by atoms with van der Waals surface area (Å²) in [7, 11) is 0. The second-order valence-electron chi connectivity index (χ2n) is 4.20. The van der Waals surface area contributed by atoms with Crippen molar-refractivity contribution in [3.63, 3.8) is 0 Å². The summed E-state index contributed by atoms with van der Waals surface area (Å²) >= 11 is 12.0.